The summed E-state index contributed by atoms with van der Waals surface area (Å²) in [4.78, 5) is 14.3. The number of carbonyl (C=O) groups is 1. The van der Waals surface area contributed by atoms with Crippen LogP contribution in [0.4, 0.5) is 0 Å². The number of nitrogens with zero attached hydrogens (tertiary/aromatic N) is 3. The van der Waals surface area contributed by atoms with E-state index < -0.39 is 0 Å². The Bertz CT molecular complexity index is 534. The number of amides is 1. The number of piperidine rings is 1. The van der Waals surface area contributed by atoms with E-state index in [2.05, 4.69) is 25.9 Å². The number of hydrogen-bond donors (Lipinski definition) is 0. The number of fused-ring (bicyclic) bond motifs is 1. The maximum Gasteiger partial charge on any atom is 0.224 e. The predicted octanol–water partition coefficient (Wildman–Crippen LogP) is 2.07. The van der Waals surface area contributed by atoms with Crippen molar-refractivity contribution < 1.29 is 4.79 Å². The molecule has 0 spiro atoms. The van der Waals surface area contributed by atoms with Crippen molar-refractivity contribution in [2.75, 3.05) is 13.1 Å². The summed E-state index contributed by atoms with van der Waals surface area (Å²) in [5.74, 6) is 1.06. The van der Waals surface area contributed by atoms with Crippen molar-refractivity contribution in [1.29, 1.82) is 0 Å². The Balaban J connectivity index is 1.57. The fourth-order valence-corrected chi connectivity index (χ4v) is 3.30. The predicted molar refractivity (Wildman–Crippen MR) is 73.8 cm³/mol. The van der Waals surface area contributed by atoms with Gasteiger partial charge in [0.1, 0.15) is 0 Å². The second-order valence-electron chi connectivity index (χ2n) is 6.60. The molecule has 19 heavy (non-hydrogen) atoms. The second-order valence-corrected chi connectivity index (χ2v) is 6.60. The SMILES string of the molecule is Cc1nn(CCC(=O)N2CC3CC3(C)C2)c(C)c1C. The summed E-state index contributed by atoms with van der Waals surface area (Å²) in [6.45, 7) is 11.1. The summed E-state index contributed by atoms with van der Waals surface area (Å²) in [6, 6.07) is 0. The van der Waals surface area contributed by atoms with Crippen molar-refractivity contribution >= 4 is 5.91 Å². The maximum absolute atomic E-state index is 12.2. The number of likely N-dealkylation sites (tertiary alicyclic amines) is 1. The molecular formula is C15H23N3O. The van der Waals surface area contributed by atoms with Gasteiger partial charge in [0.25, 0.3) is 0 Å². The van der Waals surface area contributed by atoms with Crippen molar-refractivity contribution in [2.45, 2.75) is 47.1 Å². The van der Waals surface area contributed by atoms with Gasteiger partial charge in [-0.3, -0.25) is 9.48 Å². The summed E-state index contributed by atoms with van der Waals surface area (Å²) in [6.07, 6.45) is 1.89. The molecule has 1 aromatic rings. The third-order valence-corrected chi connectivity index (χ3v) is 5.16. The Hall–Kier alpha value is -1.32. The molecular weight excluding hydrogens is 238 g/mol. The van der Waals surface area contributed by atoms with E-state index in [1.807, 2.05) is 16.5 Å². The summed E-state index contributed by atoms with van der Waals surface area (Å²) in [5.41, 5.74) is 3.94. The molecule has 0 N–H and O–H groups in total. The first-order chi connectivity index (χ1) is 8.90. The van der Waals surface area contributed by atoms with Crippen LogP contribution in [-0.2, 0) is 11.3 Å². The lowest BCUT2D eigenvalue weighted by Gasteiger charge is -2.19. The quantitative estimate of drug-likeness (QED) is 0.835. The summed E-state index contributed by atoms with van der Waals surface area (Å²) in [7, 11) is 0. The molecule has 0 radical (unpaired) electrons. The maximum atomic E-state index is 12.2. The minimum absolute atomic E-state index is 0.290. The van der Waals surface area contributed by atoms with Crippen LogP contribution in [0.3, 0.4) is 0 Å². The molecule has 1 saturated carbocycles. The molecule has 1 aliphatic heterocycles. The summed E-state index contributed by atoms with van der Waals surface area (Å²) in [5, 5.41) is 4.49. The minimum atomic E-state index is 0.290. The van der Waals surface area contributed by atoms with Gasteiger partial charge in [-0.15, -0.1) is 0 Å². The minimum Gasteiger partial charge on any atom is -0.342 e. The molecule has 1 saturated heterocycles. The Labute approximate surface area is 114 Å². The zero-order valence-electron chi connectivity index (χ0n) is 12.4. The van der Waals surface area contributed by atoms with Gasteiger partial charge >= 0.3 is 0 Å². The first kappa shape index (κ1) is 12.7. The van der Waals surface area contributed by atoms with E-state index in [0.29, 0.717) is 24.3 Å². The molecule has 2 fully saturated rings. The Morgan fingerprint density at radius 2 is 2.16 bits per heavy atom. The molecule has 2 aliphatic rings. The topological polar surface area (TPSA) is 38.1 Å². The zero-order valence-corrected chi connectivity index (χ0v) is 12.4. The molecule has 1 aromatic heterocycles. The fraction of sp³-hybridized carbons (Fsp3) is 0.733. The van der Waals surface area contributed by atoms with Gasteiger partial charge in [-0.1, -0.05) is 6.92 Å². The standard InChI is InChI=1S/C15H23N3O/c1-10-11(2)16-18(12(10)3)6-5-14(19)17-8-13-7-15(13,4)9-17/h13H,5-9H2,1-4H3. The van der Waals surface area contributed by atoms with E-state index in [0.717, 1.165) is 24.7 Å². The van der Waals surface area contributed by atoms with Crippen LogP contribution in [0, 0.1) is 32.1 Å². The third kappa shape index (κ3) is 2.07. The van der Waals surface area contributed by atoms with Crippen LogP contribution < -0.4 is 0 Å². The van der Waals surface area contributed by atoms with Crippen molar-refractivity contribution in [3.05, 3.63) is 17.0 Å². The number of aryl methyl sites for hydroxylation is 2. The van der Waals surface area contributed by atoms with Gasteiger partial charge in [-0.2, -0.15) is 5.10 Å². The first-order valence-corrected chi connectivity index (χ1v) is 7.19. The van der Waals surface area contributed by atoms with Gasteiger partial charge < -0.3 is 4.90 Å². The molecule has 2 atom stereocenters. The van der Waals surface area contributed by atoms with Crippen molar-refractivity contribution in [2.24, 2.45) is 11.3 Å². The van der Waals surface area contributed by atoms with Crippen LogP contribution in [0.25, 0.3) is 0 Å². The first-order valence-electron chi connectivity index (χ1n) is 7.19. The Morgan fingerprint density at radius 3 is 2.68 bits per heavy atom. The highest BCUT2D eigenvalue weighted by Gasteiger charge is 2.56. The van der Waals surface area contributed by atoms with Gasteiger partial charge in [-0.05, 0) is 44.1 Å². The van der Waals surface area contributed by atoms with E-state index in [4.69, 9.17) is 0 Å². The monoisotopic (exact) mass is 261 g/mol. The molecule has 1 amide bonds. The summed E-state index contributed by atoms with van der Waals surface area (Å²) < 4.78 is 1.97. The molecule has 4 heteroatoms. The average Bonchev–Trinajstić information content (AvgIpc) is 2.78. The highest BCUT2D eigenvalue weighted by Crippen LogP contribution is 2.57. The highest BCUT2D eigenvalue weighted by atomic mass is 16.2. The van der Waals surface area contributed by atoms with E-state index in [1.165, 1.54) is 17.7 Å². The van der Waals surface area contributed by atoms with Gasteiger partial charge in [0, 0.05) is 31.7 Å². The Morgan fingerprint density at radius 1 is 1.42 bits per heavy atom. The number of aromatic nitrogens is 2. The fourth-order valence-electron chi connectivity index (χ4n) is 3.30. The summed E-state index contributed by atoms with van der Waals surface area (Å²) >= 11 is 0. The van der Waals surface area contributed by atoms with Crippen molar-refractivity contribution in [3.63, 3.8) is 0 Å². The zero-order chi connectivity index (χ0) is 13.8. The van der Waals surface area contributed by atoms with E-state index in [-0.39, 0.29) is 0 Å². The van der Waals surface area contributed by atoms with Crippen molar-refractivity contribution in [3.8, 4) is 0 Å². The van der Waals surface area contributed by atoms with Gasteiger partial charge in [0.15, 0.2) is 0 Å². The van der Waals surface area contributed by atoms with E-state index >= 15 is 0 Å². The van der Waals surface area contributed by atoms with Gasteiger partial charge in [0.2, 0.25) is 5.91 Å². The molecule has 2 unspecified atom stereocenters. The molecule has 4 nitrogen and oxygen atoms in total. The Kier molecular flexibility index (Phi) is 2.73. The van der Waals surface area contributed by atoms with Crippen LogP contribution in [0.1, 0.15) is 36.7 Å². The third-order valence-electron chi connectivity index (χ3n) is 5.16. The number of carbonyl (C=O) groups excluding carboxylic acids is 1. The molecule has 0 bridgehead atoms. The van der Waals surface area contributed by atoms with Crippen molar-refractivity contribution in [1.82, 2.24) is 14.7 Å². The van der Waals surface area contributed by atoms with E-state index in [1.54, 1.807) is 0 Å². The highest BCUT2D eigenvalue weighted by molar-refractivity contribution is 5.76. The normalized spacial score (nSPS) is 28.6. The lowest BCUT2D eigenvalue weighted by molar-refractivity contribution is -0.131. The van der Waals surface area contributed by atoms with Crippen LogP contribution in [0.5, 0.6) is 0 Å². The van der Waals surface area contributed by atoms with Crippen LogP contribution in [0.15, 0.2) is 0 Å². The number of hydrogen-bond acceptors (Lipinski definition) is 2. The molecule has 0 aromatic carbocycles. The van der Waals surface area contributed by atoms with E-state index in [9.17, 15) is 4.79 Å². The lowest BCUT2D eigenvalue weighted by Crippen LogP contribution is -2.32. The molecule has 2 heterocycles. The van der Waals surface area contributed by atoms with Gasteiger partial charge in [0.05, 0.1) is 5.69 Å². The molecule has 3 rings (SSSR count). The van der Waals surface area contributed by atoms with Crippen LogP contribution in [-0.4, -0.2) is 33.7 Å². The van der Waals surface area contributed by atoms with Crippen LogP contribution in [0.2, 0.25) is 0 Å². The van der Waals surface area contributed by atoms with Gasteiger partial charge in [-0.25, -0.2) is 0 Å². The lowest BCUT2D eigenvalue weighted by atomic mass is 10.1. The van der Waals surface area contributed by atoms with Crippen LogP contribution >= 0.6 is 0 Å². The molecule has 104 valence electrons. The number of rotatable bonds is 3. The second kappa shape index (κ2) is 4.09. The molecule has 1 aliphatic carbocycles. The average molecular weight is 261 g/mol. The largest absolute Gasteiger partial charge is 0.342 e. The smallest absolute Gasteiger partial charge is 0.224 e.